The van der Waals surface area contributed by atoms with Gasteiger partial charge in [0.05, 0.1) is 35.5 Å². The number of methoxy groups -OCH3 is 1. The van der Waals surface area contributed by atoms with Crippen LogP contribution in [0.2, 0.25) is 0 Å². The van der Waals surface area contributed by atoms with E-state index in [1.807, 2.05) is 0 Å². The zero-order valence-electron chi connectivity index (χ0n) is 24.2. The summed E-state index contributed by atoms with van der Waals surface area (Å²) in [5.41, 5.74) is 1.74. The van der Waals surface area contributed by atoms with Crippen molar-refractivity contribution in [2.24, 2.45) is 5.73 Å². The third-order valence-electron chi connectivity index (χ3n) is 6.91. The highest BCUT2D eigenvalue weighted by molar-refractivity contribution is 6.03. The first-order chi connectivity index (χ1) is 20.3. The first kappa shape index (κ1) is 34.1. The number of amides is 1. The van der Waals surface area contributed by atoms with Crippen LogP contribution >= 0.6 is 0 Å². The summed E-state index contributed by atoms with van der Waals surface area (Å²) in [5.74, 6) is 3.40. The Kier molecular flexibility index (Phi) is 9.80. The number of nitrogens with zero attached hydrogens (tertiary/aromatic N) is 2. The number of alkyl halides is 6. The summed E-state index contributed by atoms with van der Waals surface area (Å²) in [6, 6.07) is 5.36. The van der Waals surface area contributed by atoms with E-state index < -0.39 is 58.2 Å². The fraction of sp³-hybridized carbons (Fsp3) is 0.323. The number of rotatable bonds is 6. The van der Waals surface area contributed by atoms with Crippen LogP contribution in [-0.4, -0.2) is 37.1 Å². The Morgan fingerprint density at radius 1 is 0.955 bits per heavy atom. The van der Waals surface area contributed by atoms with Crippen LogP contribution in [0.25, 0.3) is 11.1 Å². The van der Waals surface area contributed by atoms with Gasteiger partial charge in [0.1, 0.15) is 17.6 Å². The minimum atomic E-state index is -5.10. The van der Waals surface area contributed by atoms with E-state index in [-0.39, 0.29) is 23.9 Å². The van der Waals surface area contributed by atoms with Gasteiger partial charge >= 0.3 is 18.3 Å². The van der Waals surface area contributed by atoms with Gasteiger partial charge in [0.25, 0.3) is 0 Å². The zero-order chi connectivity index (χ0) is 33.2. The number of likely N-dealkylation sites (N-methyl/N-ethyl adjacent to an activating group) is 1. The van der Waals surface area contributed by atoms with Gasteiger partial charge in [0.2, 0.25) is 5.91 Å². The van der Waals surface area contributed by atoms with Crippen LogP contribution in [0.3, 0.4) is 0 Å². The van der Waals surface area contributed by atoms with Gasteiger partial charge in [0, 0.05) is 19.0 Å². The predicted molar refractivity (Wildman–Crippen MR) is 149 cm³/mol. The lowest BCUT2D eigenvalue weighted by Crippen LogP contribution is -2.42. The summed E-state index contributed by atoms with van der Waals surface area (Å²) in [5, 5.41) is 0. The van der Waals surface area contributed by atoms with Gasteiger partial charge < -0.3 is 15.4 Å². The summed E-state index contributed by atoms with van der Waals surface area (Å²) in [6.45, 7) is 4.03. The molecule has 44 heavy (non-hydrogen) atoms. The van der Waals surface area contributed by atoms with E-state index in [2.05, 4.69) is 21.6 Å². The number of aryl methyl sites for hydroxylation is 1. The highest BCUT2D eigenvalue weighted by Gasteiger charge is 2.41. The molecule has 234 valence electrons. The zero-order valence-corrected chi connectivity index (χ0v) is 24.2. The van der Waals surface area contributed by atoms with Crippen LogP contribution in [0.15, 0.2) is 48.7 Å². The molecule has 1 amide bonds. The first-order valence-electron chi connectivity index (χ1n) is 12.9. The van der Waals surface area contributed by atoms with Crippen molar-refractivity contribution >= 4 is 17.6 Å². The molecule has 3 aromatic rings. The maximum atomic E-state index is 13.9. The average molecular weight is 624 g/mol. The topological polar surface area (TPSA) is 85.5 Å². The van der Waals surface area contributed by atoms with Crippen molar-refractivity contribution in [2.45, 2.75) is 51.0 Å². The molecule has 0 saturated heterocycles. The summed E-state index contributed by atoms with van der Waals surface area (Å²) in [4.78, 5) is 30.7. The number of halogens is 7. The van der Waals surface area contributed by atoms with Crippen molar-refractivity contribution in [3.8, 4) is 23.0 Å². The molecule has 1 atom stereocenters. The van der Waals surface area contributed by atoms with E-state index in [1.54, 1.807) is 6.92 Å². The van der Waals surface area contributed by atoms with Crippen LogP contribution in [0.5, 0.6) is 0 Å². The molecule has 0 aliphatic carbocycles. The van der Waals surface area contributed by atoms with Crippen LogP contribution in [0, 0.1) is 24.6 Å². The normalized spacial score (nSPS) is 12.7. The Bertz CT molecular complexity index is 1600. The Balaban J connectivity index is 2.13. The molecule has 6 nitrogen and oxygen atoms in total. The van der Waals surface area contributed by atoms with E-state index in [1.165, 1.54) is 58.5 Å². The van der Waals surface area contributed by atoms with Gasteiger partial charge in [-0.25, -0.2) is 9.37 Å². The van der Waals surface area contributed by atoms with E-state index in [0.29, 0.717) is 28.8 Å². The van der Waals surface area contributed by atoms with Crippen molar-refractivity contribution in [2.75, 3.05) is 19.1 Å². The van der Waals surface area contributed by atoms with Crippen LogP contribution in [0.1, 0.15) is 48.2 Å². The number of benzene rings is 2. The quantitative estimate of drug-likeness (QED) is 0.195. The number of ether oxygens (including phenoxy) is 1. The second-order valence-electron chi connectivity index (χ2n) is 10.5. The number of pyridine rings is 1. The van der Waals surface area contributed by atoms with Gasteiger partial charge in [-0.05, 0) is 79.8 Å². The summed E-state index contributed by atoms with van der Waals surface area (Å²) >= 11 is 0. The van der Waals surface area contributed by atoms with Crippen molar-refractivity contribution in [1.29, 1.82) is 0 Å². The molecule has 0 saturated carbocycles. The molecule has 0 spiro atoms. The van der Waals surface area contributed by atoms with Gasteiger partial charge in [-0.3, -0.25) is 9.59 Å². The van der Waals surface area contributed by atoms with E-state index in [9.17, 15) is 40.3 Å². The van der Waals surface area contributed by atoms with E-state index in [4.69, 9.17) is 5.73 Å². The lowest BCUT2D eigenvalue weighted by Gasteiger charge is -2.32. The number of esters is 1. The molecule has 13 heteroatoms. The Morgan fingerprint density at radius 2 is 1.52 bits per heavy atom. The summed E-state index contributed by atoms with van der Waals surface area (Å²) in [6.07, 6.45) is -9.01. The average Bonchev–Trinajstić information content (AvgIpc) is 2.94. The van der Waals surface area contributed by atoms with Gasteiger partial charge in [0.15, 0.2) is 0 Å². The molecule has 0 unspecified atom stereocenters. The summed E-state index contributed by atoms with van der Waals surface area (Å²) in [7, 11) is 2.47. The van der Waals surface area contributed by atoms with E-state index in [0.717, 1.165) is 4.90 Å². The molecule has 0 bridgehead atoms. The van der Waals surface area contributed by atoms with Crippen molar-refractivity contribution in [3.63, 3.8) is 0 Å². The molecule has 0 radical (unpaired) electrons. The monoisotopic (exact) mass is 623 g/mol. The largest absolute Gasteiger partial charge is 0.468 e. The van der Waals surface area contributed by atoms with Gasteiger partial charge in [-0.2, -0.15) is 26.3 Å². The Labute approximate surface area is 249 Å². The van der Waals surface area contributed by atoms with E-state index >= 15 is 0 Å². The number of carbonyl (C=O) groups excluding carboxylic acids is 2. The Hall–Kier alpha value is -4.44. The number of aromatic nitrogens is 1. The molecular weight excluding hydrogens is 595 g/mol. The second-order valence-corrected chi connectivity index (χ2v) is 10.5. The molecule has 1 heterocycles. The molecule has 0 fully saturated rings. The SMILES string of the molecule is COC(=O)[C@H](N)CC#Cc1cc(-c2ccc(F)cc2C)c(N(C)C(=O)C(C)(C)c2cc(C(F)(F)F)cc(C(F)(F)F)c2)cn1. The minimum Gasteiger partial charge on any atom is -0.468 e. The maximum absolute atomic E-state index is 13.9. The third kappa shape index (κ3) is 7.55. The second kappa shape index (κ2) is 12.7. The van der Waals surface area contributed by atoms with Crippen LogP contribution in [0.4, 0.5) is 36.4 Å². The number of hydrogen-bond acceptors (Lipinski definition) is 5. The van der Waals surface area contributed by atoms with Crippen LogP contribution in [-0.2, 0) is 32.1 Å². The number of carbonyl (C=O) groups is 2. The smallest absolute Gasteiger partial charge is 0.416 e. The molecule has 2 aromatic carbocycles. The molecule has 1 aromatic heterocycles. The molecule has 2 N–H and O–H groups in total. The number of nitrogens with two attached hydrogens (primary N) is 1. The molecule has 0 aliphatic rings. The summed E-state index contributed by atoms with van der Waals surface area (Å²) < 4.78 is 99.8. The van der Waals surface area contributed by atoms with Gasteiger partial charge in [-0.15, -0.1) is 0 Å². The molecule has 0 aliphatic heterocycles. The van der Waals surface area contributed by atoms with Gasteiger partial charge in [-0.1, -0.05) is 12.0 Å². The van der Waals surface area contributed by atoms with Crippen molar-refractivity contribution in [3.05, 3.63) is 82.4 Å². The van der Waals surface area contributed by atoms with Crippen molar-refractivity contribution in [1.82, 2.24) is 4.98 Å². The number of hydrogen-bond donors (Lipinski definition) is 1. The molecule has 3 rings (SSSR count). The molecular formula is C31H28F7N3O3. The third-order valence-corrected chi connectivity index (χ3v) is 6.91. The minimum absolute atomic E-state index is 0.00901. The highest BCUT2D eigenvalue weighted by atomic mass is 19.4. The lowest BCUT2D eigenvalue weighted by molar-refractivity contribution is -0.144. The fourth-order valence-electron chi connectivity index (χ4n) is 4.38. The fourth-order valence-corrected chi connectivity index (χ4v) is 4.38. The first-order valence-corrected chi connectivity index (χ1v) is 12.9. The van der Waals surface area contributed by atoms with Crippen molar-refractivity contribution < 1.29 is 45.1 Å². The predicted octanol–water partition coefficient (Wildman–Crippen LogP) is 6.42. The lowest BCUT2D eigenvalue weighted by atomic mass is 9.81. The maximum Gasteiger partial charge on any atom is 0.416 e. The van der Waals surface area contributed by atoms with Crippen LogP contribution < -0.4 is 10.6 Å². The number of anilines is 1. The standard InChI is InChI=1S/C31H28F7N3O3/c1-17-11-21(32)9-10-23(17)24-15-22(7-6-8-25(39)27(42)44-5)40-16-26(24)41(4)28(43)29(2,3)18-12-19(30(33,34)35)14-20(13-18)31(36,37)38/h9-16,25H,8,39H2,1-5H3/t25-/m1/s1. The highest BCUT2D eigenvalue weighted by Crippen LogP contribution is 2.41. The Morgan fingerprint density at radius 3 is 2.05 bits per heavy atom.